The van der Waals surface area contributed by atoms with Crippen molar-refractivity contribution < 1.29 is 19.5 Å². The van der Waals surface area contributed by atoms with Crippen LogP contribution in [-0.2, 0) is 19.8 Å². The SMILES string of the molecule is CC1CCC(c2ccc3c(c2)C2(CCC2)C(=O)N3)N(C(=O)C(=O)O)C1. The van der Waals surface area contributed by atoms with E-state index in [4.69, 9.17) is 5.11 Å². The van der Waals surface area contributed by atoms with Gasteiger partial charge in [0, 0.05) is 12.2 Å². The minimum absolute atomic E-state index is 0.0710. The summed E-state index contributed by atoms with van der Waals surface area (Å²) >= 11 is 0. The van der Waals surface area contributed by atoms with Gasteiger partial charge < -0.3 is 15.3 Å². The topological polar surface area (TPSA) is 86.7 Å². The molecule has 3 aliphatic rings. The quantitative estimate of drug-likeness (QED) is 0.768. The van der Waals surface area contributed by atoms with Crippen LogP contribution in [0, 0.1) is 5.92 Å². The zero-order chi connectivity index (χ0) is 17.8. The third kappa shape index (κ3) is 2.34. The fourth-order valence-corrected chi connectivity index (χ4v) is 4.51. The Labute approximate surface area is 146 Å². The number of rotatable bonds is 1. The number of fused-ring (bicyclic) bond motifs is 2. The van der Waals surface area contributed by atoms with Crippen LogP contribution in [0.25, 0.3) is 0 Å². The number of carboxylic acid groups (broad SMARTS) is 1. The molecule has 2 atom stereocenters. The fraction of sp³-hybridized carbons (Fsp3) is 0.526. The summed E-state index contributed by atoms with van der Waals surface area (Å²) in [6.07, 6.45) is 4.45. The predicted octanol–water partition coefficient (Wildman–Crippen LogP) is 2.44. The van der Waals surface area contributed by atoms with Crippen LogP contribution in [0.4, 0.5) is 5.69 Å². The molecule has 6 heteroatoms. The third-order valence-electron chi connectivity index (χ3n) is 6.10. The summed E-state index contributed by atoms with van der Waals surface area (Å²) in [5.41, 5.74) is 2.40. The van der Waals surface area contributed by atoms with E-state index in [-0.39, 0.29) is 17.9 Å². The molecular weight excluding hydrogens is 320 g/mol. The highest BCUT2D eigenvalue weighted by atomic mass is 16.4. The van der Waals surface area contributed by atoms with Gasteiger partial charge in [0.15, 0.2) is 0 Å². The van der Waals surface area contributed by atoms with Gasteiger partial charge >= 0.3 is 11.9 Å². The summed E-state index contributed by atoms with van der Waals surface area (Å²) in [4.78, 5) is 37.2. The number of nitrogens with one attached hydrogen (secondary N) is 1. The van der Waals surface area contributed by atoms with Gasteiger partial charge in [-0.25, -0.2) is 4.79 Å². The summed E-state index contributed by atoms with van der Waals surface area (Å²) in [5.74, 6) is -1.89. The standard InChI is InChI=1S/C19H22N2O4/c1-11-3-6-15(21(10-11)16(22)17(23)24)12-4-5-14-13(9-12)19(7-2-8-19)18(25)20-14/h4-5,9,11,15H,2-3,6-8,10H2,1H3,(H,20,25)(H,23,24). The minimum atomic E-state index is -1.41. The largest absolute Gasteiger partial charge is 0.474 e. The second-order valence-electron chi connectivity index (χ2n) is 7.66. The number of hydrogen-bond acceptors (Lipinski definition) is 3. The number of carboxylic acids is 1. The Kier molecular flexibility index (Phi) is 3.60. The molecule has 1 aliphatic carbocycles. The second kappa shape index (κ2) is 5.58. The molecule has 6 nitrogen and oxygen atoms in total. The Hall–Kier alpha value is -2.37. The van der Waals surface area contributed by atoms with E-state index in [0.29, 0.717) is 6.54 Å². The van der Waals surface area contributed by atoms with E-state index in [0.717, 1.165) is 48.9 Å². The van der Waals surface area contributed by atoms with Crippen LogP contribution in [0.1, 0.15) is 56.2 Å². The van der Waals surface area contributed by atoms with Crippen molar-refractivity contribution in [3.05, 3.63) is 29.3 Å². The number of benzene rings is 1. The highest BCUT2D eigenvalue weighted by Crippen LogP contribution is 2.52. The Morgan fingerprint density at radius 1 is 1.28 bits per heavy atom. The molecule has 2 heterocycles. The van der Waals surface area contributed by atoms with E-state index in [1.165, 1.54) is 4.90 Å². The van der Waals surface area contributed by atoms with Crippen molar-refractivity contribution in [2.75, 3.05) is 11.9 Å². The molecule has 0 radical (unpaired) electrons. The van der Waals surface area contributed by atoms with Crippen LogP contribution in [0.3, 0.4) is 0 Å². The number of carbonyl (C=O) groups is 3. The molecule has 1 aromatic rings. The zero-order valence-electron chi connectivity index (χ0n) is 14.2. The fourth-order valence-electron chi connectivity index (χ4n) is 4.51. The molecule has 0 bridgehead atoms. The first-order valence-corrected chi connectivity index (χ1v) is 8.92. The van der Waals surface area contributed by atoms with Gasteiger partial charge in [-0.3, -0.25) is 9.59 Å². The maximum atomic E-state index is 12.4. The molecule has 0 aromatic heterocycles. The molecule has 25 heavy (non-hydrogen) atoms. The van der Waals surface area contributed by atoms with E-state index >= 15 is 0 Å². The van der Waals surface area contributed by atoms with Crippen molar-refractivity contribution >= 4 is 23.5 Å². The first-order chi connectivity index (χ1) is 11.9. The van der Waals surface area contributed by atoms with Crippen molar-refractivity contribution in [2.24, 2.45) is 5.92 Å². The molecule has 132 valence electrons. The molecule has 4 rings (SSSR count). The highest BCUT2D eigenvalue weighted by molar-refractivity contribution is 6.31. The number of anilines is 1. The van der Waals surface area contributed by atoms with Gasteiger partial charge in [0.25, 0.3) is 0 Å². The van der Waals surface area contributed by atoms with Gasteiger partial charge in [-0.05, 0) is 48.8 Å². The summed E-state index contributed by atoms with van der Waals surface area (Å²) in [6, 6.07) is 5.60. The number of aliphatic carboxylic acids is 1. The van der Waals surface area contributed by atoms with Crippen LogP contribution in [0.15, 0.2) is 18.2 Å². The molecule has 2 unspecified atom stereocenters. The number of carbonyl (C=O) groups excluding carboxylic acids is 2. The van der Waals surface area contributed by atoms with Crippen LogP contribution in [-0.4, -0.2) is 34.3 Å². The van der Waals surface area contributed by atoms with Crippen molar-refractivity contribution in [3.63, 3.8) is 0 Å². The van der Waals surface area contributed by atoms with E-state index in [1.807, 2.05) is 25.1 Å². The van der Waals surface area contributed by atoms with Crippen LogP contribution in [0.5, 0.6) is 0 Å². The third-order valence-corrected chi connectivity index (χ3v) is 6.10. The molecule has 2 amide bonds. The number of likely N-dealkylation sites (tertiary alicyclic amines) is 1. The summed E-state index contributed by atoms with van der Waals surface area (Å²) in [5, 5.41) is 12.1. The molecule has 1 aromatic carbocycles. The molecule has 1 saturated heterocycles. The van der Waals surface area contributed by atoms with Gasteiger partial charge in [-0.1, -0.05) is 25.5 Å². The molecule has 1 saturated carbocycles. The zero-order valence-corrected chi connectivity index (χ0v) is 14.2. The second-order valence-corrected chi connectivity index (χ2v) is 7.66. The van der Waals surface area contributed by atoms with E-state index in [2.05, 4.69) is 5.32 Å². The molecule has 2 fully saturated rings. The Bertz CT molecular complexity index is 769. The first-order valence-electron chi connectivity index (χ1n) is 8.92. The summed E-state index contributed by atoms with van der Waals surface area (Å²) in [6.45, 7) is 2.49. The first kappa shape index (κ1) is 16.1. The van der Waals surface area contributed by atoms with Crippen molar-refractivity contribution in [1.29, 1.82) is 0 Å². The molecule has 2 N–H and O–H groups in total. The Balaban J connectivity index is 1.71. The van der Waals surface area contributed by atoms with Gasteiger partial charge in [0.1, 0.15) is 0 Å². The lowest BCUT2D eigenvalue weighted by atomic mass is 9.65. The average molecular weight is 342 g/mol. The number of hydrogen-bond donors (Lipinski definition) is 2. The average Bonchev–Trinajstić information content (AvgIpc) is 2.84. The summed E-state index contributed by atoms with van der Waals surface area (Å²) < 4.78 is 0. The van der Waals surface area contributed by atoms with E-state index in [9.17, 15) is 14.4 Å². The van der Waals surface area contributed by atoms with Gasteiger partial charge in [-0.15, -0.1) is 0 Å². The van der Waals surface area contributed by atoms with E-state index < -0.39 is 17.3 Å². The number of amides is 2. The monoisotopic (exact) mass is 342 g/mol. The Morgan fingerprint density at radius 3 is 2.68 bits per heavy atom. The maximum Gasteiger partial charge on any atom is 0.394 e. The van der Waals surface area contributed by atoms with Crippen molar-refractivity contribution in [1.82, 2.24) is 4.90 Å². The van der Waals surface area contributed by atoms with Gasteiger partial charge in [0.2, 0.25) is 5.91 Å². The Morgan fingerprint density at radius 2 is 2.04 bits per heavy atom. The molecule has 2 aliphatic heterocycles. The predicted molar refractivity (Wildman–Crippen MR) is 91.1 cm³/mol. The van der Waals surface area contributed by atoms with Gasteiger partial charge in [0.05, 0.1) is 11.5 Å². The van der Waals surface area contributed by atoms with Gasteiger partial charge in [-0.2, -0.15) is 0 Å². The molecular formula is C19H22N2O4. The highest BCUT2D eigenvalue weighted by Gasteiger charge is 2.51. The number of piperidine rings is 1. The summed E-state index contributed by atoms with van der Waals surface area (Å²) in [7, 11) is 0. The lowest BCUT2D eigenvalue weighted by Crippen LogP contribution is -2.45. The minimum Gasteiger partial charge on any atom is -0.474 e. The van der Waals surface area contributed by atoms with Crippen LogP contribution < -0.4 is 5.32 Å². The van der Waals surface area contributed by atoms with Crippen LogP contribution >= 0.6 is 0 Å². The smallest absolute Gasteiger partial charge is 0.394 e. The number of nitrogens with zero attached hydrogens (tertiary/aromatic N) is 1. The maximum absolute atomic E-state index is 12.4. The van der Waals surface area contributed by atoms with Crippen molar-refractivity contribution in [3.8, 4) is 0 Å². The lowest BCUT2D eigenvalue weighted by molar-refractivity contribution is -0.158. The lowest BCUT2D eigenvalue weighted by Gasteiger charge is -2.39. The normalized spacial score (nSPS) is 26.8. The van der Waals surface area contributed by atoms with Crippen LogP contribution in [0.2, 0.25) is 0 Å². The molecule has 1 spiro atoms. The van der Waals surface area contributed by atoms with Crippen molar-refractivity contribution in [2.45, 2.75) is 50.5 Å². The van der Waals surface area contributed by atoms with E-state index in [1.54, 1.807) is 0 Å².